The van der Waals surface area contributed by atoms with Crippen molar-refractivity contribution in [3.63, 3.8) is 0 Å². The van der Waals surface area contributed by atoms with Crippen LogP contribution >= 0.6 is 0 Å². The first-order valence-electron chi connectivity index (χ1n) is 20.8. The Hall–Kier alpha value is -2.24. The average molecular weight is 698 g/mol. The summed E-state index contributed by atoms with van der Waals surface area (Å²) < 4.78 is 5.57. The molecule has 0 aliphatic carbocycles. The number of ketones is 1. The topological polar surface area (TPSA) is 66.8 Å². The van der Waals surface area contributed by atoms with Crippen molar-refractivity contribution in [3.8, 4) is 0 Å². The second-order valence-corrected chi connectivity index (χ2v) is 13.9. The summed E-state index contributed by atoms with van der Waals surface area (Å²) in [4.78, 5) is 27.4. The molecule has 0 bridgehead atoms. The van der Waals surface area contributed by atoms with Gasteiger partial charge in [0, 0.05) is 25.9 Å². The predicted molar refractivity (Wildman–Crippen MR) is 217 cm³/mol. The summed E-state index contributed by atoms with van der Waals surface area (Å²) in [6, 6.07) is -0.409. The van der Waals surface area contributed by atoms with Crippen LogP contribution in [0.4, 0.5) is 0 Å². The van der Waals surface area contributed by atoms with Gasteiger partial charge in [0.25, 0.3) is 0 Å². The Morgan fingerprint density at radius 3 is 1.46 bits per heavy atom. The Labute approximate surface area is 309 Å². The van der Waals surface area contributed by atoms with Crippen molar-refractivity contribution >= 4 is 11.8 Å². The number of Topliss-reactive ketones (excluding diaryl/α,β-unsaturated/α-hetero) is 1. The van der Waals surface area contributed by atoms with Crippen LogP contribution in [-0.2, 0) is 14.3 Å². The molecule has 1 N–H and O–H groups in total. The molecule has 0 aromatic carbocycles. The molecule has 1 aliphatic rings. The van der Waals surface area contributed by atoms with E-state index in [1.54, 1.807) is 0 Å². The minimum absolute atomic E-state index is 0.121. The molecule has 1 heterocycles. The van der Waals surface area contributed by atoms with E-state index in [1.807, 2.05) is 4.90 Å². The van der Waals surface area contributed by atoms with E-state index in [9.17, 15) is 14.7 Å². The Bertz CT molecular complexity index is 886. The number of allylic oxidation sites excluding steroid dienone is 8. The number of carbonyl (C=O) groups is 2. The van der Waals surface area contributed by atoms with Crippen LogP contribution in [0, 0.1) is 0 Å². The number of nitrogens with zero attached hydrogens (tertiary/aromatic N) is 1. The van der Waals surface area contributed by atoms with Crippen molar-refractivity contribution in [1.82, 2.24) is 4.90 Å². The number of β-amino-alcohol motifs (C(OH)–C–C–N with tert-alkyl or cyclic N) is 1. The van der Waals surface area contributed by atoms with Crippen LogP contribution in [0.1, 0.15) is 181 Å². The van der Waals surface area contributed by atoms with Gasteiger partial charge in [-0.25, -0.2) is 0 Å². The van der Waals surface area contributed by atoms with Gasteiger partial charge in [-0.05, 0) is 70.6 Å². The summed E-state index contributed by atoms with van der Waals surface area (Å²) >= 11 is 0. The monoisotopic (exact) mass is 698 g/mol. The van der Waals surface area contributed by atoms with Crippen LogP contribution < -0.4 is 0 Å². The second kappa shape index (κ2) is 38.0. The predicted octanol–water partition coefficient (Wildman–Crippen LogP) is 12.4. The van der Waals surface area contributed by atoms with Gasteiger partial charge in [-0.1, -0.05) is 146 Å². The summed E-state index contributed by atoms with van der Waals surface area (Å²) in [5, 5.41) is 9.79. The van der Waals surface area contributed by atoms with E-state index in [4.69, 9.17) is 4.74 Å². The van der Waals surface area contributed by atoms with Gasteiger partial charge in [-0.2, -0.15) is 0 Å². The minimum atomic E-state index is -0.409. The van der Waals surface area contributed by atoms with E-state index in [2.05, 4.69) is 75.6 Å². The lowest BCUT2D eigenvalue weighted by Crippen LogP contribution is -2.59. The summed E-state index contributed by atoms with van der Waals surface area (Å²) in [6.45, 7) is 11.6. The molecule has 0 spiro atoms. The normalized spacial score (nSPS) is 14.5. The number of esters is 1. The third-order valence-electron chi connectivity index (χ3n) is 9.31. The zero-order chi connectivity index (χ0) is 36.8. The molecule has 0 aromatic heterocycles. The molecule has 50 heavy (non-hydrogen) atoms. The molecule has 0 amide bonds. The van der Waals surface area contributed by atoms with Crippen LogP contribution in [0.15, 0.2) is 61.8 Å². The van der Waals surface area contributed by atoms with Crippen molar-refractivity contribution in [1.29, 1.82) is 0 Å². The van der Waals surface area contributed by atoms with Crippen molar-refractivity contribution in [2.24, 2.45) is 0 Å². The molecular weight excluding hydrogens is 618 g/mol. The molecule has 1 atom stereocenters. The maximum Gasteiger partial charge on any atom is 0.305 e. The fourth-order valence-electron chi connectivity index (χ4n) is 6.09. The number of rotatable bonds is 34. The Balaban J connectivity index is 0.0000118. The summed E-state index contributed by atoms with van der Waals surface area (Å²) in [5.74, 6) is -0.0524. The summed E-state index contributed by atoms with van der Waals surface area (Å²) in [6.07, 6.45) is 47.1. The average Bonchev–Trinajstić information content (AvgIpc) is 3.11. The van der Waals surface area contributed by atoms with Gasteiger partial charge < -0.3 is 9.84 Å². The first-order chi connectivity index (χ1) is 24.6. The third kappa shape index (κ3) is 30.6. The molecule has 0 radical (unpaired) electrons. The number of aliphatic hydroxyl groups excluding tert-OH is 1. The van der Waals surface area contributed by atoms with Gasteiger partial charge in [0.05, 0.1) is 6.10 Å². The number of likely N-dealkylation sites (tertiary alicyclic amines) is 1. The molecule has 1 aliphatic heterocycles. The third-order valence-corrected chi connectivity index (χ3v) is 9.31. The van der Waals surface area contributed by atoms with Gasteiger partial charge >= 0.3 is 5.97 Å². The van der Waals surface area contributed by atoms with Gasteiger partial charge in [0.15, 0.2) is 5.78 Å². The molecule has 5 heteroatoms. The van der Waals surface area contributed by atoms with Gasteiger partial charge in [0.1, 0.15) is 12.6 Å². The maximum atomic E-state index is 13.0. The molecule has 1 fully saturated rings. The van der Waals surface area contributed by atoms with Crippen molar-refractivity contribution in [3.05, 3.63) is 61.8 Å². The first kappa shape index (κ1) is 47.8. The highest BCUT2D eigenvalue weighted by Crippen LogP contribution is 2.18. The number of carbonyl (C=O) groups excluding carboxylic acids is 2. The van der Waals surface area contributed by atoms with Crippen LogP contribution in [0.25, 0.3) is 0 Å². The largest absolute Gasteiger partial charge is 0.464 e. The van der Waals surface area contributed by atoms with Crippen molar-refractivity contribution < 1.29 is 19.4 Å². The molecule has 0 saturated carbocycles. The quantitative estimate of drug-likeness (QED) is 0.0412. The highest BCUT2D eigenvalue weighted by atomic mass is 16.5. The van der Waals surface area contributed by atoms with Gasteiger partial charge in [-0.15, -0.1) is 13.2 Å². The number of hydrogen-bond acceptors (Lipinski definition) is 5. The zero-order valence-corrected chi connectivity index (χ0v) is 32.8. The van der Waals surface area contributed by atoms with Crippen molar-refractivity contribution in [2.75, 3.05) is 19.7 Å². The molecule has 1 rings (SSSR count). The number of hydrogen-bond donors (Lipinski definition) is 1. The van der Waals surface area contributed by atoms with E-state index in [0.717, 1.165) is 51.4 Å². The molecular formula is C45H79NO4. The van der Waals surface area contributed by atoms with Crippen LogP contribution in [0.5, 0.6) is 0 Å². The van der Waals surface area contributed by atoms with Crippen LogP contribution in [-0.4, -0.2) is 53.6 Å². The number of ether oxygens (including phenoxy) is 1. The maximum absolute atomic E-state index is 13.0. The number of unbranched alkanes of at least 4 members (excludes halogenated alkanes) is 18. The Morgan fingerprint density at radius 1 is 0.600 bits per heavy atom. The number of aliphatic hydroxyl groups is 1. The standard InChI is InChI=1S/C43H75NO4.C2H4/c1-3-5-7-9-11-13-15-17-19-20-22-23-25-27-29-31-33-35-42(46)41(44-37-40(45)38-44)39-48-43(47)36-34-32-30-28-26-24-21-18-16-14-12-10-8-6-4-2;1-2/h10-13,16-19,40-41,45H,3-9,14-15,20-39H2,1-2H3;1-2H2/b12-10-,13-11-,18-16-,19-17-;. The van der Waals surface area contributed by atoms with Crippen molar-refractivity contribution in [2.45, 2.75) is 193 Å². The lowest BCUT2D eigenvalue weighted by atomic mass is 10.00. The molecule has 0 aromatic rings. The lowest BCUT2D eigenvalue weighted by Gasteiger charge is -2.40. The van der Waals surface area contributed by atoms with E-state index in [1.165, 1.54) is 103 Å². The lowest BCUT2D eigenvalue weighted by molar-refractivity contribution is -0.149. The van der Waals surface area contributed by atoms with E-state index < -0.39 is 6.04 Å². The summed E-state index contributed by atoms with van der Waals surface area (Å²) in [7, 11) is 0. The highest BCUT2D eigenvalue weighted by molar-refractivity contribution is 5.84. The van der Waals surface area contributed by atoms with Crippen LogP contribution in [0.2, 0.25) is 0 Å². The zero-order valence-electron chi connectivity index (χ0n) is 32.8. The van der Waals surface area contributed by atoms with E-state index in [0.29, 0.717) is 25.9 Å². The Kier molecular flexibility index (Phi) is 36.3. The fraction of sp³-hybridized carbons (Fsp3) is 0.733. The Morgan fingerprint density at radius 2 is 1.00 bits per heavy atom. The molecule has 288 valence electrons. The molecule has 1 saturated heterocycles. The molecule has 5 nitrogen and oxygen atoms in total. The second-order valence-electron chi connectivity index (χ2n) is 13.9. The first-order valence-corrected chi connectivity index (χ1v) is 20.8. The summed E-state index contributed by atoms with van der Waals surface area (Å²) in [5.41, 5.74) is 0. The highest BCUT2D eigenvalue weighted by Gasteiger charge is 2.35. The van der Waals surface area contributed by atoms with E-state index >= 15 is 0 Å². The van der Waals surface area contributed by atoms with Gasteiger partial charge in [-0.3, -0.25) is 14.5 Å². The minimum Gasteiger partial charge on any atom is -0.464 e. The smallest absolute Gasteiger partial charge is 0.305 e. The van der Waals surface area contributed by atoms with Crippen LogP contribution in [0.3, 0.4) is 0 Å². The molecule has 1 unspecified atom stereocenters. The fourth-order valence-corrected chi connectivity index (χ4v) is 6.09. The van der Waals surface area contributed by atoms with Gasteiger partial charge in [0.2, 0.25) is 0 Å². The SMILES string of the molecule is C=C.CCCC/C=C\C/C=C\CCCCCCCCC(=O)OCC(C(=O)CCCCCCCCC/C=C\C/C=C\CCCCC)N1CC(O)C1. The van der Waals surface area contributed by atoms with E-state index in [-0.39, 0.29) is 24.5 Å².